The van der Waals surface area contributed by atoms with Gasteiger partial charge in [-0.05, 0) is 19.1 Å². The van der Waals surface area contributed by atoms with Gasteiger partial charge in [0.1, 0.15) is 5.65 Å². The summed E-state index contributed by atoms with van der Waals surface area (Å²) in [6.45, 7) is 2.90. The standard InChI is InChI=1S/C15H16N4O2/c1-9(20)11-5-10-6-13(19-14(10)18-8-11)12(7-16)15-17-3-2-4-21-15/h5-8H,2-4,16H2,1H3,(H,18,19)/b12-7-. The molecular formula is C15H16N4O2. The smallest absolute Gasteiger partial charge is 0.219 e. The van der Waals surface area contributed by atoms with Crippen LogP contribution < -0.4 is 5.73 Å². The van der Waals surface area contributed by atoms with Gasteiger partial charge in [-0.25, -0.2) is 4.98 Å². The maximum absolute atomic E-state index is 11.4. The van der Waals surface area contributed by atoms with Crippen LogP contribution in [0.3, 0.4) is 0 Å². The van der Waals surface area contributed by atoms with Gasteiger partial charge in [0.25, 0.3) is 0 Å². The highest BCUT2D eigenvalue weighted by Crippen LogP contribution is 2.22. The molecule has 3 N–H and O–H groups in total. The number of carbonyl (C=O) groups excluding carboxylic acids is 1. The molecule has 3 heterocycles. The second-order valence-electron chi connectivity index (χ2n) is 4.87. The quantitative estimate of drug-likeness (QED) is 0.841. The van der Waals surface area contributed by atoms with E-state index in [-0.39, 0.29) is 5.78 Å². The van der Waals surface area contributed by atoms with Crippen molar-refractivity contribution in [2.24, 2.45) is 10.7 Å². The normalized spacial score (nSPS) is 15.7. The Kier molecular flexibility index (Phi) is 3.43. The molecule has 0 amide bonds. The molecular weight excluding hydrogens is 268 g/mol. The number of Topliss-reactive ketones (excluding diaryl/α,β-unsaturated/α-hetero) is 1. The molecule has 2 aromatic rings. The molecule has 6 heteroatoms. The van der Waals surface area contributed by atoms with Crippen molar-refractivity contribution in [1.29, 1.82) is 0 Å². The third-order valence-electron chi connectivity index (χ3n) is 3.36. The van der Waals surface area contributed by atoms with Gasteiger partial charge >= 0.3 is 0 Å². The van der Waals surface area contributed by atoms with Gasteiger partial charge in [-0.1, -0.05) is 0 Å². The first-order valence-corrected chi connectivity index (χ1v) is 6.78. The topological polar surface area (TPSA) is 93.4 Å². The molecule has 0 fully saturated rings. The van der Waals surface area contributed by atoms with E-state index in [0.717, 1.165) is 24.0 Å². The number of rotatable bonds is 3. The molecule has 0 atom stereocenters. The van der Waals surface area contributed by atoms with Crippen molar-refractivity contribution < 1.29 is 9.53 Å². The lowest BCUT2D eigenvalue weighted by Gasteiger charge is -2.15. The summed E-state index contributed by atoms with van der Waals surface area (Å²) in [5, 5.41) is 0.855. The Balaban J connectivity index is 2.03. The lowest BCUT2D eigenvalue weighted by molar-refractivity contribution is 0.101. The van der Waals surface area contributed by atoms with Gasteiger partial charge in [0.2, 0.25) is 5.90 Å². The van der Waals surface area contributed by atoms with Crippen molar-refractivity contribution in [3.8, 4) is 0 Å². The fourth-order valence-corrected chi connectivity index (χ4v) is 2.25. The number of pyridine rings is 1. The number of carbonyl (C=O) groups is 1. The summed E-state index contributed by atoms with van der Waals surface area (Å²) in [5.41, 5.74) is 8.48. The minimum atomic E-state index is -0.0123. The Bertz CT molecular complexity index is 758. The number of nitrogens with zero attached hydrogens (tertiary/aromatic N) is 2. The van der Waals surface area contributed by atoms with E-state index >= 15 is 0 Å². The molecule has 2 aromatic heterocycles. The average molecular weight is 284 g/mol. The van der Waals surface area contributed by atoms with Crippen molar-refractivity contribution in [2.45, 2.75) is 13.3 Å². The molecule has 0 unspecified atom stereocenters. The first kappa shape index (κ1) is 13.4. The molecule has 21 heavy (non-hydrogen) atoms. The summed E-state index contributed by atoms with van der Waals surface area (Å²) in [5.74, 6) is 0.531. The predicted molar refractivity (Wildman–Crippen MR) is 81.1 cm³/mol. The zero-order chi connectivity index (χ0) is 14.8. The van der Waals surface area contributed by atoms with E-state index in [0.29, 0.717) is 29.3 Å². The Morgan fingerprint density at radius 3 is 3.00 bits per heavy atom. The molecule has 6 nitrogen and oxygen atoms in total. The number of fused-ring (bicyclic) bond motifs is 1. The third kappa shape index (κ3) is 2.52. The number of aromatic amines is 1. The zero-order valence-electron chi connectivity index (χ0n) is 11.7. The number of hydrogen-bond acceptors (Lipinski definition) is 5. The average Bonchev–Trinajstić information content (AvgIpc) is 2.91. The minimum absolute atomic E-state index is 0.0123. The second-order valence-corrected chi connectivity index (χ2v) is 4.87. The summed E-state index contributed by atoms with van der Waals surface area (Å²) in [4.78, 5) is 23.2. The van der Waals surface area contributed by atoms with Crippen LogP contribution in [0, 0.1) is 0 Å². The Morgan fingerprint density at radius 1 is 1.48 bits per heavy atom. The lowest BCUT2D eigenvalue weighted by atomic mass is 10.1. The van der Waals surface area contributed by atoms with Crippen LogP contribution in [0.4, 0.5) is 0 Å². The molecule has 0 aliphatic carbocycles. The summed E-state index contributed by atoms with van der Waals surface area (Å²) < 4.78 is 5.55. The van der Waals surface area contributed by atoms with Gasteiger partial charge in [-0.2, -0.15) is 0 Å². The molecule has 0 saturated heterocycles. The first-order chi connectivity index (χ1) is 10.2. The summed E-state index contributed by atoms with van der Waals surface area (Å²) in [6, 6.07) is 3.70. The zero-order valence-corrected chi connectivity index (χ0v) is 11.7. The SMILES string of the molecule is CC(=O)c1cnc2[nH]c(/C(=C/N)C3=NCCCO3)cc2c1. The van der Waals surface area contributed by atoms with Gasteiger partial charge in [0.05, 0.1) is 17.9 Å². The molecule has 1 aliphatic heterocycles. The van der Waals surface area contributed by atoms with Crippen molar-refractivity contribution in [1.82, 2.24) is 9.97 Å². The highest BCUT2D eigenvalue weighted by Gasteiger charge is 2.16. The van der Waals surface area contributed by atoms with Crippen molar-refractivity contribution in [2.75, 3.05) is 13.2 Å². The number of aromatic nitrogens is 2. The van der Waals surface area contributed by atoms with E-state index in [1.54, 1.807) is 6.20 Å². The maximum Gasteiger partial charge on any atom is 0.219 e. The van der Waals surface area contributed by atoms with Crippen LogP contribution in [0.25, 0.3) is 16.6 Å². The summed E-state index contributed by atoms with van der Waals surface area (Å²) in [6.07, 6.45) is 3.95. The van der Waals surface area contributed by atoms with Crippen molar-refractivity contribution >= 4 is 28.3 Å². The van der Waals surface area contributed by atoms with E-state index in [9.17, 15) is 4.79 Å². The van der Waals surface area contributed by atoms with Gasteiger partial charge in [0.15, 0.2) is 5.78 Å². The van der Waals surface area contributed by atoms with Gasteiger partial charge < -0.3 is 15.5 Å². The number of nitrogens with one attached hydrogen (secondary N) is 1. The third-order valence-corrected chi connectivity index (χ3v) is 3.36. The predicted octanol–water partition coefficient (Wildman–Crippen LogP) is 1.88. The lowest BCUT2D eigenvalue weighted by Crippen LogP contribution is -2.16. The molecule has 0 aromatic carbocycles. The molecule has 3 rings (SSSR count). The van der Waals surface area contributed by atoms with Crippen LogP contribution in [-0.4, -0.2) is 34.8 Å². The molecule has 108 valence electrons. The summed E-state index contributed by atoms with van der Waals surface area (Å²) >= 11 is 0. The molecule has 0 spiro atoms. The second kappa shape index (κ2) is 5.40. The van der Waals surface area contributed by atoms with Crippen LogP contribution in [0.1, 0.15) is 29.4 Å². The van der Waals surface area contributed by atoms with Crippen LogP contribution in [0.2, 0.25) is 0 Å². The highest BCUT2D eigenvalue weighted by atomic mass is 16.5. The number of hydrogen-bond donors (Lipinski definition) is 2. The number of nitrogens with two attached hydrogens (primary N) is 1. The molecule has 0 radical (unpaired) electrons. The number of ether oxygens (including phenoxy) is 1. The molecule has 0 bridgehead atoms. The highest BCUT2D eigenvalue weighted by molar-refractivity contribution is 6.19. The minimum Gasteiger partial charge on any atom is -0.477 e. The monoisotopic (exact) mass is 284 g/mol. The van der Waals surface area contributed by atoms with E-state index in [1.165, 1.54) is 13.1 Å². The Labute approximate surface area is 121 Å². The van der Waals surface area contributed by atoms with Crippen LogP contribution in [-0.2, 0) is 4.74 Å². The van der Waals surface area contributed by atoms with Gasteiger partial charge in [-0.3, -0.25) is 9.79 Å². The fraction of sp³-hybridized carbons (Fsp3) is 0.267. The van der Waals surface area contributed by atoms with Gasteiger partial charge in [0, 0.05) is 36.3 Å². The molecule has 1 aliphatic rings. The van der Waals surface area contributed by atoms with E-state index in [2.05, 4.69) is 15.0 Å². The van der Waals surface area contributed by atoms with E-state index < -0.39 is 0 Å². The number of ketones is 1. The van der Waals surface area contributed by atoms with E-state index in [1.807, 2.05) is 12.1 Å². The van der Waals surface area contributed by atoms with Gasteiger partial charge in [-0.15, -0.1) is 0 Å². The number of H-pyrrole nitrogens is 1. The Hall–Kier alpha value is -2.63. The number of aliphatic imine (C=N–C) groups is 1. The van der Waals surface area contributed by atoms with Crippen LogP contribution in [0.15, 0.2) is 29.5 Å². The van der Waals surface area contributed by atoms with Crippen LogP contribution in [0.5, 0.6) is 0 Å². The van der Waals surface area contributed by atoms with E-state index in [4.69, 9.17) is 10.5 Å². The first-order valence-electron chi connectivity index (χ1n) is 6.78. The fourth-order valence-electron chi connectivity index (χ4n) is 2.25. The Morgan fingerprint density at radius 2 is 2.33 bits per heavy atom. The van der Waals surface area contributed by atoms with Crippen molar-refractivity contribution in [3.63, 3.8) is 0 Å². The van der Waals surface area contributed by atoms with Crippen LogP contribution >= 0.6 is 0 Å². The van der Waals surface area contributed by atoms with Crippen molar-refractivity contribution in [3.05, 3.63) is 35.8 Å². The summed E-state index contributed by atoms with van der Waals surface area (Å²) in [7, 11) is 0. The molecule has 0 saturated carbocycles. The largest absolute Gasteiger partial charge is 0.477 e. The maximum atomic E-state index is 11.4.